The number of aromatic nitrogens is 2. The molecule has 0 bridgehead atoms. The number of halogens is 1. The fourth-order valence-corrected chi connectivity index (χ4v) is 2.25. The van der Waals surface area contributed by atoms with Crippen molar-refractivity contribution in [1.82, 2.24) is 9.78 Å². The molecule has 1 aliphatic rings. The molecule has 0 unspecified atom stereocenters. The molecule has 0 aliphatic carbocycles. The second-order valence-corrected chi connectivity index (χ2v) is 4.75. The van der Waals surface area contributed by atoms with E-state index in [4.69, 9.17) is 15.2 Å². The molecule has 1 aliphatic heterocycles. The van der Waals surface area contributed by atoms with Gasteiger partial charge in [0.2, 0.25) is 6.79 Å². The third-order valence-corrected chi connectivity index (χ3v) is 3.37. The molecular weight excluding hydrogens is 302 g/mol. The van der Waals surface area contributed by atoms with E-state index in [0.29, 0.717) is 33.0 Å². The monoisotopic (exact) mass is 311 g/mol. The van der Waals surface area contributed by atoms with E-state index in [1.807, 2.05) is 0 Å². The first-order valence-electron chi connectivity index (χ1n) is 5.19. The highest BCUT2D eigenvalue weighted by atomic mass is 79.9. The number of benzene rings is 1. The molecule has 0 atom stereocenters. The van der Waals surface area contributed by atoms with Gasteiger partial charge in [-0.1, -0.05) is 0 Å². The van der Waals surface area contributed by atoms with E-state index in [9.17, 15) is 5.11 Å². The number of rotatable bonds is 1. The standard InChI is InChI=1S/C11H10BrN3O3/c1-15-8(13)3-6(14-15)9-10(16)5(12)2-7-11(9)18-4-17-7/h2-3,16H,4,13H2,1H3. The Morgan fingerprint density at radius 1 is 1.44 bits per heavy atom. The summed E-state index contributed by atoms with van der Waals surface area (Å²) in [6.07, 6.45) is 0. The summed E-state index contributed by atoms with van der Waals surface area (Å²) in [6.45, 7) is 0.126. The molecule has 0 spiro atoms. The van der Waals surface area contributed by atoms with Gasteiger partial charge in [0.25, 0.3) is 0 Å². The minimum absolute atomic E-state index is 0.0531. The second-order valence-electron chi connectivity index (χ2n) is 3.89. The zero-order valence-corrected chi connectivity index (χ0v) is 11.1. The highest BCUT2D eigenvalue weighted by Gasteiger charge is 2.26. The highest BCUT2D eigenvalue weighted by Crippen LogP contribution is 2.49. The van der Waals surface area contributed by atoms with Gasteiger partial charge in [-0.15, -0.1) is 0 Å². The summed E-state index contributed by atoms with van der Waals surface area (Å²) in [6, 6.07) is 3.33. The van der Waals surface area contributed by atoms with Crippen LogP contribution in [0.3, 0.4) is 0 Å². The molecular formula is C11H10BrN3O3. The van der Waals surface area contributed by atoms with Gasteiger partial charge in [0.15, 0.2) is 11.5 Å². The average molecular weight is 312 g/mol. The van der Waals surface area contributed by atoms with E-state index >= 15 is 0 Å². The number of ether oxygens (including phenoxy) is 2. The van der Waals surface area contributed by atoms with Crippen LogP contribution in [0.25, 0.3) is 11.3 Å². The predicted molar refractivity (Wildman–Crippen MR) is 68.5 cm³/mol. The Labute approximate surface area is 111 Å². The Hall–Kier alpha value is -1.89. The third kappa shape index (κ3) is 1.51. The number of phenolic OH excluding ortho intramolecular Hbond substituents is 1. The molecule has 6 nitrogen and oxygen atoms in total. The topological polar surface area (TPSA) is 82.5 Å². The van der Waals surface area contributed by atoms with Crippen LogP contribution in [0.2, 0.25) is 0 Å². The van der Waals surface area contributed by atoms with Crippen molar-refractivity contribution in [3.63, 3.8) is 0 Å². The highest BCUT2D eigenvalue weighted by molar-refractivity contribution is 9.10. The van der Waals surface area contributed by atoms with Gasteiger partial charge in [-0.2, -0.15) is 5.10 Å². The van der Waals surface area contributed by atoms with E-state index in [-0.39, 0.29) is 12.5 Å². The molecule has 2 aromatic rings. The molecule has 94 valence electrons. The number of aryl methyl sites for hydroxylation is 1. The maximum atomic E-state index is 10.1. The quantitative estimate of drug-likeness (QED) is 0.840. The lowest BCUT2D eigenvalue weighted by Gasteiger charge is -2.07. The Balaban J connectivity index is 2.28. The number of hydrogen-bond donors (Lipinski definition) is 2. The second kappa shape index (κ2) is 3.81. The number of phenols is 1. The molecule has 0 saturated carbocycles. The lowest BCUT2D eigenvalue weighted by molar-refractivity contribution is 0.174. The number of aromatic hydroxyl groups is 1. The fourth-order valence-electron chi connectivity index (χ4n) is 1.84. The zero-order chi connectivity index (χ0) is 12.9. The smallest absolute Gasteiger partial charge is 0.231 e. The number of fused-ring (bicyclic) bond motifs is 1. The van der Waals surface area contributed by atoms with Gasteiger partial charge in [0, 0.05) is 19.2 Å². The summed E-state index contributed by atoms with van der Waals surface area (Å²) in [5.41, 5.74) is 6.76. The molecule has 0 saturated heterocycles. The first kappa shape index (κ1) is 11.2. The molecule has 1 aromatic carbocycles. The zero-order valence-electron chi connectivity index (χ0n) is 9.48. The largest absolute Gasteiger partial charge is 0.506 e. The maximum Gasteiger partial charge on any atom is 0.231 e. The van der Waals surface area contributed by atoms with Gasteiger partial charge >= 0.3 is 0 Å². The van der Waals surface area contributed by atoms with Crippen molar-refractivity contribution in [2.75, 3.05) is 12.5 Å². The van der Waals surface area contributed by atoms with E-state index < -0.39 is 0 Å². The van der Waals surface area contributed by atoms with Gasteiger partial charge in [0.1, 0.15) is 17.3 Å². The molecule has 0 fully saturated rings. The normalized spacial score (nSPS) is 13.0. The van der Waals surface area contributed by atoms with Crippen LogP contribution in [0.1, 0.15) is 0 Å². The van der Waals surface area contributed by atoms with Crippen molar-refractivity contribution in [3.8, 4) is 28.5 Å². The summed E-state index contributed by atoms with van der Waals surface area (Å²) in [5.74, 6) is 1.60. The molecule has 0 amide bonds. The van der Waals surface area contributed by atoms with E-state index in [1.165, 1.54) is 4.68 Å². The Morgan fingerprint density at radius 3 is 2.89 bits per heavy atom. The first-order valence-corrected chi connectivity index (χ1v) is 5.98. The molecule has 1 aromatic heterocycles. The molecule has 18 heavy (non-hydrogen) atoms. The van der Waals surface area contributed by atoms with Crippen molar-refractivity contribution in [1.29, 1.82) is 0 Å². The lowest BCUT2D eigenvalue weighted by atomic mass is 10.1. The van der Waals surface area contributed by atoms with E-state index in [1.54, 1.807) is 19.2 Å². The summed E-state index contributed by atoms with van der Waals surface area (Å²) in [4.78, 5) is 0. The first-order chi connectivity index (χ1) is 8.58. The maximum absolute atomic E-state index is 10.1. The molecule has 2 heterocycles. The molecule has 3 N–H and O–H groups in total. The van der Waals surface area contributed by atoms with Crippen LogP contribution in [0.15, 0.2) is 16.6 Å². The van der Waals surface area contributed by atoms with Crippen LogP contribution in [0.5, 0.6) is 17.2 Å². The summed E-state index contributed by atoms with van der Waals surface area (Å²) in [7, 11) is 1.73. The number of nitrogens with two attached hydrogens (primary N) is 1. The number of anilines is 1. The SMILES string of the molecule is Cn1nc(-c2c(O)c(Br)cc3c2OCO3)cc1N. The molecule has 7 heteroatoms. The Bertz CT molecular complexity index is 619. The number of hydrogen-bond acceptors (Lipinski definition) is 5. The number of nitrogens with zero attached hydrogens (tertiary/aromatic N) is 2. The van der Waals surface area contributed by atoms with Crippen molar-refractivity contribution in [2.24, 2.45) is 7.05 Å². The summed E-state index contributed by atoms with van der Waals surface area (Å²) >= 11 is 3.27. The Morgan fingerprint density at radius 2 is 2.22 bits per heavy atom. The summed E-state index contributed by atoms with van der Waals surface area (Å²) in [5, 5.41) is 14.4. The van der Waals surface area contributed by atoms with Crippen LogP contribution in [-0.4, -0.2) is 21.7 Å². The van der Waals surface area contributed by atoms with Gasteiger partial charge in [-0.25, -0.2) is 0 Å². The van der Waals surface area contributed by atoms with Gasteiger partial charge in [-0.05, 0) is 15.9 Å². The molecule has 3 rings (SSSR count). The third-order valence-electron chi connectivity index (χ3n) is 2.76. The van der Waals surface area contributed by atoms with Crippen molar-refractivity contribution >= 4 is 21.7 Å². The molecule has 0 radical (unpaired) electrons. The van der Waals surface area contributed by atoms with E-state index in [2.05, 4.69) is 21.0 Å². The van der Waals surface area contributed by atoms with Crippen molar-refractivity contribution in [2.45, 2.75) is 0 Å². The van der Waals surface area contributed by atoms with E-state index in [0.717, 1.165) is 0 Å². The number of nitrogen functional groups attached to an aromatic ring is 1. The van der Waals surface area contributed by atoms with Gasteiger partial charge in [0.05, 0.1) is 10.0 Å². The lowest BCUT2D eigenvalue weighted by Crippen LogP contribution is -1.96. The van der Waals surface area contributed by atoms with Gasteiger partial charge < -0.3 is 20.3 Å². The van der Waals surface area contributed by atoms with Crippen LogP contribution >= 0.6 is 15.9 Å². The van der Waals surface area contributed by atoms with Crippen LogP contribution in [-0.2, 0) is 7.05 Å². The predicted octanol–water partition coefficient (Wildman–Crippen LogP) is 1.87. The minimum Gasteiger partial charge on any atom is -0.506 e. The van der Waals surface area contributed by atoms with Crippen LogP contribution < -0.4 is 15.2 Å². The van der Waals surface area contributed by atoms with Crippen LogP contribution in [0.4, 0.5) is 5.82 Å². The average Bonchev–Trinajstić information content (AvgIpc) is 2.88. The van der Waals surface area contributed by atoms with Crippen molar-refractivity contribution < 1.29 is 14.6 Å². The Kier molecular flexibility index (Phi) is 2.37. The minimum atomic E-state index is 0.0531. The van der Waals surface area contributed by atoms with Crippen molar-refractivity contribution in [3.05, 3.63) is 16.6 Å². The van der Waals surface area contributed by atoms with Crippen LogP contribution in [0, 0.1) is 0 Å². The van der Waals surface area contributed by atoms with Gasteiger partial charge in [-0.3, -0.25) is 4.68 Å². The fraction of sp³-hybridized carbons (Fsp3) is 0.182. The summed E-state index contributed by atoms with van der Waals surface area (Å²) < 4.78 is 12.7.